The molecule has 0 heterocycles. The van der Waals surface area contributed by atoms with Crippen LogP contribution in [0.5, 0.6) is 0 Å². The molecule has 0 saturated heterocycles. The lowest BCUT2D eigenvalue weighted by Gasteiger charge is -2.12. The Kier molecular flexibility index (Phi) is 5.28. The van der Waals surface area contributed by atoms with Gasteiger partial charge in [0.2, 0.25) is 5.91 Å². The van der Waals surface area contributed by atoms with Crippen molar-refractivity contribution in [1.29, 1.82) is 0 Å². The molecule has 0 bridgehead atoms. The van der Waals surface area contributed by atoms with Gasteiger partial charge in [0.15, 0.2) is 0 Å². The molecule has 1 amide bonds. The first-order valence-corrected chi connectivity index (χ1v) is 6.10. The summed E-state index contributed by atoms with van der Waals surface area (Å²) in [5.74, 6) is 0.0790. The minimum atomic E-state index is -0.225. The van der Waals surface area contributed by atoms with E-state index in [2.05, 4.69) is 5.32 Å². The van der Waals surface area contributed by atoms with Gasteiger partial charge in [-0.25, -0.2) is 4.39 Å². The van der Waals surface area contributed by atoms with Crippen molar-refractivity contribution >= 4 is 5.91 Å². The minimum absolute atomic E-state index is 0.00971. The van der Waals surface area contributed by atoms with Gasteiger partial charge >= 0.3 is 0 Å². The number of carbonyl (C=O) groups excluding carboxylic acids is 1. The number of hydrogen-bond donors (Lipinski definition) is 1. The average Bonchev–Trinajstić information content (AvgIpc) is 2.27. The molecule has 0 radical (unpaired) electrons. The van der Waals surface area contributed by atoms with E-state index < -0.39 is 0 Å². The first kappa shape index (κ1) is 14.6. The molecule has 0 aliphatic carbocycles. The van der Waals surface area contributed by atoms with E-state index in [1.165, 1.54) is 11.0 Å². The van der Waals surface area contributed by atoms with E-state index in [0.29, 0.717) is 12.5 Å². The smallest absolute Gasteiger partial charge is 0.236 e. The molecule has 0 aromatic heterocycles. The highest BCUT2D eigenvalue weighted by Gasteiger charge is 2.06. The molecule has 0 spiro atoms. The summed E-state index contributed by atoms with van der Waals surface area (Å²) >= 11 is 0. The Morgan fingerprint density at radius 3 is 2.56 bits per heavy atom. The molecule has 1 rings (SSSR count). The molecule has 4 heteroatoms. The van der Waals surface area contributed by atoms with E-state index in [1.807, 2.05) is 19.9 Å². The number of hydrogen-bond acceptors (Lipinski definition) is 2. The van der Waals surface area contributed by atoms with Crippen LogP contribution in [0, 0.1) is 5.82 Å². The first-order chi connectivity index (χ1) is 8.40. The predicted molar refractivity (Wildman–Crippen MR) is 70.9 cm³/mol. The average molecular weight is 252 g/mol. The molecule has 0 aliphatic rings. The number of rotatable bonds is 5. The maximum Gasteiger partial charge on any atom is 0.236 e. The van der Waals surface area contributed by atoms with Gasteiger partial charge in [-0.15, -0.1) is 0 Å². The van der Waals surface area contributed by atoms with Crippen LogP contribution in [-0.2, 0) is 11.3 Å². The molecule has 100 valence electrons. The summed E-state index contributed by atoms with van der Waals surface area (Å²) in [6.07, 6.45) is 0. The summed E-state index contributed by atoms with van der Waals surface area (Å²) in [6, 6.07) is 5.03. The van der Waals surface area contributed by atoms with Gasteiger partial charge in [-0.2, -0.15) is 0 Å². The van der Waals surface area contributed by atoms with E-state index >= 15 is 0 Å². The van der Waals surface area contributed by atoms with E-state index in [-0.39, 0.29) is 18.3 Å². The third kappa shape index (κ3) is 4.45. The number of carbonyl (C=O) groups is 1. The maximum atomic E-state index is 13.4. The molecule has 0 unspecified atom stereocenters. The molecule has 0 fully saturated rings. The monoisotopic (exact) mass is 252 g/mol. The molecule has 0 aliphatic heterocycles. The summed E-state index contributed by atoms with van der Waals surface area (Å²) in [5, 5.41) is 3.02. The fourth-order valence-electron chi connectivity index (χ4n) is 1.58. The van der Waals surface area contributed by atoms with Gasteiger partial charge in [0.25, 0.3) is 0 Å². The van der Waals surface area contributed by atoms with Gasteiger partial charge in [-0.3, -0.25) is 4.79 Å². The number of likely N-dealkylation sites (N-methyl/N-ethyl adjacent to an activating group) is 1. The normalized spacial score (nSPS) is 10.8. The lowest BCUT2D eigenvalue weighted by Crippen LogP contribution is -2.32. The summed E-state index contributed by atoms with van der Waals surface area (Å²) in [6.45, 7) is 4.82. The second kappa shape index (κ2) is 6.50. The molecular weight excluding hydrogens is 231 g/mol. The van der Waals surface area contributed by atoms with Gasteiger partial charge in [0, 0.05) is 20.6 Å². The highest BCUT2D eigenvalue weighted by molar-refractivity contribution is 5.77. The van der Waals surface area contributed by atoms with E-state index in [9.17, 15) is 9.18 Å². The Morgan fingerprint density at radius 1 is 1.33 bits per heavy atom. The quantitative estimate of drug-likeness (QED) is 0.870. The summed E-state index contributed by atoms with van der Waals surface area (Å²) in [5.41, 5.74) is 1.84. The highest BCUT2D eigenvalue weighted by Crippen LogP contribution is 2.17. The lowest BCUT2D eigenvalue weighted by molar-refractivity contribution is -0.127. The number of halogens is 1. The molecule has 0 atom stereocenters. The Labute approximate surface area is 108 Å². The van der Waals surface area contributed by atoms with Crippen LogP contribution in [0.3, 0.4) is 0 Å². The third-order valence-electron chi connectivity index (χ3n) is 2.75. The van der Waals surface area contributed by atoms with Crippen LogP contribution in [-0.4, -0.2) is 31.4 Å². The first-order valence-electron chi connectivity index (χ1n) is 6.10. The van der Waals surface area contributed by atoms with Crippen molar-refractivity contribution in [2.75, 3.05) is 20.6 Å². The Hall–Kier alpha value is -1.42. The Bertz CT molecular complexity index is 416. The number of amides is 1. The van der Waals surface area contributed by atoms with Gasteiger partial charge in [0.05, 0.1) is 6.54 Å². The summed E-state index contributed by atoms with van der Waals surface area (Å²) in [4.78, 5) is 12.9. The lowest BCUT2D eigenvalue weighted by atomic mass is 10.0. The van der Waals surface area contributed by atoms with Crippen molar-refractivity contribution < 1.29 is 9.18 Å². The highest BCUT2D eigenvalue weighted by atomic mass is 19.1. The predicted octanol–water partition coefficient (Wildman–Crippen LogP) is 2.13. The standard InChI is InChI=1S/C14H21FN2O/c1-10(2)12-5-11(6-13(15)7-12)8-16-9-14(18)17(3)4/h5-7,10,16H,8-9H2,1-4H3. The van der Waals surface area contributed by atoms with Crippen LogP contribution in [0.1, 0.15) is 30.9 Å². The Balaban J connectivity index is 2.60. The number of nitrogens with zero attached hydrogens (tertiary/aromatic N) is 1. The fraction of sp³-hybridized carbons (Fsp3) is 0.500. The molecule has 18 heavy (non-hydrogen) atoms. The second-order valence-corrected chi connectivity index (χ2v) is 4.94. The van der Waals surface area contributed by atoms with Crippen molar-refractivity contribution in [1.82, 2.24) is 10.2 Å². The van der Waals surface area contributed by atoms with Gasteiger partial charge in [0.1, 0.15) is 5.82 Å². The molecule has 1 N–H and O–H groups in total. The van der Waals surface area contributed by atoms with Crippen molar-refractivity contribution in [2.24, 2.45) is 0 Å². The van der Waals surface area contributed by atoms with Crippen molar-refractivity contribution in [3.05, 3.63) is 35.1 Å². The van der Waals surface area contributed by atoms with Crippen LogP contribution in [0.15, 0.2) is 18.2 Å². The van der Waals surface area contributed by atoms with Crippen LogP contribution < -0.4 is 5.32 Å². The van der Waals surface area contributed by atoms with Crippen LogP contribution in [0.2, 0.25) is 0 Å². The van der Waals surface area contributed by atoms with Crippen molar-refractivity contribution in [2.45, 2.75) is 26.3 Å². The van der Waals surface area contributed by atoms with E-state index in [1.54, 1.807) is 20.2 Å². The van der Waals surface area contributed by atoms with Gasteiger partial charge in [-0.05, 0) is 29.2 Å². The van der Waals surface area contributed by atoms with Gasteiger partial charge in [-0.1, -0.05) is 19.9 Å². The number of benzene rings is 1. The van der Waals surface area contributed by atoms with E-state index in [4.69, 9.17) is 0 Å². The van der Waals surface area contributed by atoms with Gasteiger partial charge < -0.3 is 10.2 Å². The van der Waals surface area contributed by atoms with Crippen LogP contribution in [0.25, 0.3) is 0 Å². The third-order valence-corrected chi connectivity index (χ3v) is 2.75. The largest absolute Gasteiger partial charge is 0.348 e. The molecule has 1 aromatic rings. The SMILES string of the molecule is CC(C)c1cc(F)cc(CNCC(=O)N(C)C)c1. The van der Waals surface area contributed by atoms with Crippen molar-refractivity contribution in [3.8, 4) is 0 Å². The Morgan fingerprint density at radius 2 is 2.00 bits per heavy atom. The molecule has 0 saturated carbocycles. The minimum Gasteiger partial charge on any atom is -0.348 e. The molecular formula is C14H21FN2O. The van der Waals surface area contributed by atoms with Crippen LogP contribution >= 0.6 is 0 Å². The molecule has 3 nitrogen and oxygen atoms in total. The number of nitrogens with one attached hydrogen (secondary N) is 1. The van der Waals surface area contributed by atoms with Crippen LogP contribution in [0.4, 0.5) is 4.39 Å². The van der Waals surface area contributed by atoms with E-state index in [0.717, 1.165) is 11.1 Å². The topological polar surface area (TPSA) is 32.3 Å². The molecule has 1 aromatic carbocycles. The zero-order valence-corrected chi connectivity index (χ0v) is 11.5. The maximum absolute atomic E-state index is 13.4. The zero-order chi connectivity index (χ0) is 13.7. The second-order valence-electron chi connectivity index (χ2n) is 4.94. The van der Waals surface area contributed by atoms with Crippen molar-refractivity contribution in [3.63, 3.8) is 0 Å². The zero-order valence-electron chi connectivity index (χ0n) is 11.5. The summed E-state index contributed by atoms with van der Waals surface area (Å²) in [7, 11) is 3.42. The fourth-order valence-corrected chi connectivity index (χ4v) is 1.58. The summed E-state index contributed by atoms with van der Waals surface area (Å²) < 4.78 is 13.4.